The van der Waals surface area contributed by atoms with Gasteiger partial charge in [-0.2, -0.15) is 0 Å². The molecule has 0 bridgehead atoms. The lowest BCUT2D eigenvalue weighted by Gasteiger charge is -2.40. The SMILES string of the molecule is CC1(C)CC(COP(c2ccccc2)c2ccccc2)CC(OP(=O)(O)O)C1. The normalized spacial score (nSPS) is 22.3. The minimum atomic E-state index is -4.49. The molecular formula is C21H28O5P2. The average molecular weight is 422 g/mol. The summed E-state index contributed by atoms with van der Waals surface area (Å²) in [5.41, 5.74) is -0.0473. The molecule has 1 aliphatic carbocycles. The summed E-state index contributed by atoms with van der Waals surface area (Å²) in [5, 5.41) is 2.31. The van der Waals surface area contributed by atoms with Gasteiger partial charge in [0.25, 0.3) is 0 Å². The summed E-state index contributed by atoms with van der Waals surface area (Å²) in [4.78, 5) is 18.4. The van der Waals surface area contributed by atoms with Gasteiger partial charge < -0.3 is 14.3 Å². The molecule has 2 unspecified atom stereocenters. The van der Waals surface area contributed by atoms with Gasteiger partial charge in [0, 0.05) is 10.6 Å². The van der Waals surface area contributed by atoms with Crippen molar-refractivity contribution < 1.29 is 23.4 Å². The number of phosphoric ester groups is 1. The van der Waals surface area contributed by atoms with Crippen LogP contribution in [0.2, 0.25) is 0 Å². The summed E-state index contributed by atoms with van der Waals surface area (Å²) < 4.78 is 22.8. The summed E-state index contributed by atoms with van der Waals surface area (Å²) >= 11 is 0. The molecule has 1 fully saturated rings. The quantitative estimate of drug-likeness (QED) is 0.649. The maximum absolute atomic E-state index is 11.3. The Kier molecular flexibility index (Phi) is 7.09. The van der Waals surface area contributed by atoms with Gasteiger partial charge in [-0.3, -0.25) is 4.52 Å². The van der Waals surface area contributed by atoms with Gasteiger partial charge >= 0.3 is 7.82 Å². The van der Waals surface area contributed by atoms with E-state index in [1.54, 1.807) is 0 Å². The Balaban J connectivity index is 1.72. The van der Waals surface area contributed by atoms with Gasteiger partial charge in [0.1, 0.15) is 0 Å². The lowest BCUT2D eigenvalue weighted by molar-refractivity contribution is 0.0187. The van der Waals surface area contributed by atoms with Crippen LogP contribution in [-0.4, -0.2) is 22.5 Å². The first-order valence-corrected chi connectivity index (χ1v) is 12.3. The predicted octanol–water partition coefficient (Wildman–Crippen LogP) is 4.36. The highest BCUT2D eigenvalue weighted by molar-refractivity contribution is 7.68. The summed E-state index contributed by atoms with van der Waals surface area (Å²) in [6.07, 6.45) is 1.74. The van der Waals surface area contributed by atoms with Crippen molar-refractivity contribution in [1.29, 1.82) is 0 Å². The fourth-order valence-electron chi connectivity index (χ4n) is 4.03. The van der Waals surface area contributed by atoms with Crippen LogP contribution in [-0.2, 0) is 13.6 Å². The number of hydrogen-bond acceptors (Lipinski definition) is 3. The third-order valence-corrected chi connectivity index (χ3v) is 7.44. The van der Waals surface area contributed by atoms with E-state index in [4.69, 9.17) is 9.05 Å². The van der Waals surface area contributed by atoms with E-state index in [1.165, 1.54) is 0 Å². The van der Waals surface area contributed by atoms with E-state index >= 15 is 0 Å². The predicted molar refractivity (Wildman–Crippen MR) is 113 cm³/mol. The van der Waals surface area contributed by atoms with Gasteiger partial charge in [0.05, 0.1) is 20.9 Å². The first kappa shape index (κ1) is 21.6. The Labute approximate surface area is 168 Å². The molecular weight excluding hydrogens is 394 g/mol. The molecule has 5 nitrogen and oxygen atoms in total. The van der Waals surface area contributed by atoms with Crippen molar-refractivity contribution in [2.24, 2.45) is 11.3 Å². The Bertz CT molecular complexity index is 751. The second kappa shape index (κ2) is 9.17. The van der Waals surface area contributed by atoms with E-state index in [9.17, 15) is 14.4 Å². The van der Waals surface area contributed by atoms with Gasteiger partial charge in [-0.15, -0.1) is 0 Å². The van der Waals surface area contributed by atoms with Crippen molar-refractivity contribution in [3.05, 3.63) is 60.7 Å². The lowest BCUT2D eigenvalue weighted by atomic mass is 9.71. The zero-order chi connectivity index (χ0) is 20.2. The van der Waals surface area contributed by atoms with Gasteiger partial charge in [0.2, 0.25) is 0 Å². The van der Waals surface area contributed by atoms with Crippen molar-refractivity contribution in [3.8, 4) is 0 Å². The molecule has 1 aliphatic rings. The smallest absolute Gasteiger partial charge is 0.349 e. The van der Waals surface area contributed by atoms with Crippen LogP contribution in [0.25, 0.3) is 0 Å². The molecule has 7 heteroatoms. The third kappa shape index (κ3) is 6.49. The van der Waals surface area contributed by atoms with Crippen LogP contribution in [0.5, 0.6) is 0 Å². The minimum Gasteiger partial charge on any atom is -0.349 e. The molecule has 0 aromatic heterocycles. The van der Waals surface area contributed by atoms with Crippen LogP contribution in [0.1, 0.15) is 33.1 Å². The lowest BCUT2D eigenvalue weighted by Crippen LogP contribution is -2.35. The summed E-state index contributed by atoms with van der Waals surface area (Å²) in [5.74, 6) is 0.192. The highest BCUT2D eigenvalue weighted by Crippen LogP contribution is 2.47. The van der Waals surface area contributed by atoms with Crippen molar-refractivity contribution >= 4 is 26.6 Å². The molecule has 2 aromatic rings. The summed E-state index contributed by atoms with van der Waals surface area (Å²) in [7, 11) is -5.43. The second-order valence-electron chi connectivity index (χ2n) is 8.15. The summed E-state index contributed by atoms with van der Waals surface area (Å²) in [6.45, 7) is 4.78. The topological polar surface area (TPSA) is 76.0 Å². The molecule has 2 atom stereocenters. The highest BCUT2D eigenvalue weighted by atomic mass is 31.2. The first-order valence-electron chi connectivity index (χ1n) is 9.49. The molecule has 0 aliphatic heterocycles. The monoisotopic (exact) mass is 422 g/mol. The zero-order valence-electron chi connectivity index (χ0n) is 16.3. The minimum absolute atomic E-state index is 0.0473. The van der Waals surface area contributed by atoms with Crippen LogP contribution in [0, 0.1) is 11.3 Å². The highest BCUT2D eigenvalue weighted by Gasteiger charge is 2.37. The van der Waals surface area contributed by atoms with E-state index in [1.807, 2.05) is 36.4 Å². The molecule has 0 heterocycles. The maximum Gasteiger partial charge on any atom is 0.469 e. The van der Waals surface area contributed by atoms with E-state index < -0.39 is 22.1 Å². The number of benzene rings is 2. The molecule has 0 amide bonds. The molecule has 0 spiro atoms. The van der Waals surface area contributed by atoms with Crippen LogP contribution >= 0.6 is 16.0 Å². The Morgan fingerprint density at radius 1 is 1.00 bits per heavy atom. The summed E-state index contributed by atoms with van der Waals surface area (Å²) in [6, 6.07) is 20.4. The number of phosphoric acid groups is 1. The van der Waals surface area contributed by atoms with E-state index in [0.29, 0.717) is 19.4 Å². The molecule has 3 rings (SSSR count). The van der Waals surface area contributed by atoms with Crippen LogP contribution in [0.3, 0.4) is 0 Å². The standard InChI is InChI=1S/C21H28O5P2/c1-21(2)14-17(13-18(15-21)26-28(22,23)24)16-25-27(19-9-5-3-6-10-19)20-11-7-4-8-12-20/h3-12,17-18H,13-16H2,1-2H3,(H2,22,23,24). The van der Waals surface area contributed by atoms with E-state index in [0.717, 1.165) is 17.0 Å². The largest absolute Gasteiger partial charge is 0.469 e. The fraction of sp³-hybridized carbons (Fsp3) is 0.429. The fourth-order valence-corrected chi connectivity index (χ4v) is 6.42. The van der Waals surface area contributed by atoms with Crippen molar-refractivity contribution in [2.75, 3.05) is 6.61 Å². The van der Waals surface area contributed by atoms with Gasteiger partial charge in [-0.25, -0.2) is 4.57 Å². The third-order valence-electron chi connectivity index (χ3n) is 4.92. The molecule has 28 heavy (non-hydrogen) atoms. The molecule has 0 radical (unpaired) electrons. The Morgan fingerprint density at radius 2 is 1.54 bits per heavy atom. The molecule has 0 saturated heterocycles. The maximum atomic E-state index is 11.3. The number of rotatable bonds is 7. The molecule has 152 valence electrons. The Hall–Kier alpha value is -1.06. The van der Waals surface area contributed by atoms with Crippen molar-refractivity contribution in [2.45, 2.75) is 39.2 Å². The zero-order valence-corrected chi connectivity index (χ0v) is 18.1. The first-order chi connectivity index (χ1) is 13.2. The second-order valence-corrected chi connectivity index (χ2v) is 11.2. The number of hydrogen-bond donors (Lipinski definition) is 2. The molecule has 1 saturated carbocycles. The Morgan fingerprint density at radius 3 is 2.04 bits per heavy atom. The van der Waals surface area contributed by atoms with Crippen molar-refractivity contribution in [3.63, 3.8) is 0 Å². The molecule has 2 N–H and O–H groups in total. The van der Waals surface area contributed by atoms with Gasteiger partial charge in [-0.05, 0) is 30.6 Å². The van der Waals surface area contributed by atoms with E-state index in [-0.39, 0.29) is 11.3 Å². The van der Waals surface area contributed by atoms with E-state index in [2.05, 4.69) is 38.1 Å². The van der Waals surface area contributed by atoms with Crippen molar-refractivity contribution in [1.82, 2.24) is 0 Å². The van der Waals surface area contributed by atoms with Crippen LogP contribution in [0.15, 0.2) is 60.7 Å². The molecule has 2 aromatic carbocycles. The van der Waals surface area contributed by atoms with Gasteiger partial charge in [-0.1, -0.05) is 74.5 Å². The van der Waals surface area contributed by atoms with Crippen LogP contribution in [0.4, 0.5) is 0 Å². The van der Waals surface area contributed by atoms with Gasteiger partial charge in [0.15, 0.2) is 0 Å². The van der Waals surface area contributed by atoms with Crippen LogP contribution < -0.4 is 10.6 Å². The average Bonchev–Trinajstić information content (AvgIpc) is 2.61.